The topological polar surface area (TPSA) is 55.1 Å². The van der Waals surface area contributed by atoms with Crippen molar-refractivity contribution in [3.8, 4) is 0 Å². The minimum atomic E-state index is -0.272. The van der Waals surface area contributed by atoms with Gasteiger partial charge in [0.25, 0.3) is 0 Å². The van der Waals surface area contributed by atoms with Gasteiger partial charge in [-0.05, 0) is 24.6 Å². The van der Waals surface area contributed by atoms with Crippen LogP contribution in [0.1, 0.15) is 18.5 Å². The van der Waals surface area contributed by atoms with E-state index in [1.807, 2.05) is 6.92 Å². The van der Waals surface area contributed by atoms with E-state index in [0.29, 0.717) is 12.3 Å². The van der Waals surface area contributed by atoms with Gasteiger partial charge in [0.05, 0.1) is 11.8 Å². The largest absolute Gasteiger partial charge is 0.349 e. The van der Waals surface area contributed by atoms with E-state index < -0.39 is 0 Å². The van der Waals surface area contributed by atoms with Crippen molar-refractivity contribution in [2.24, 2.45) is 5.73 Å². The van der Waals surface area contributed by atoms with Crippen molar-refractivity contribution in [2.45, 2.75) is 13.0 Å². The molecule has 0 aromatic heterocycles. The smallest absolute Gasteiger partial charge is 0.230 e. The highest BCUT2D eigenvalue weighted by Crippen LogP contribution is 2.13. The minimum Gasteiger partial charge on any atom is -0.349 e. The summed E-state index contributed by atoms with van der Waals surface area (Å²) in [6, 6.07) is 6.02. The summed E-state index contributed by atoms with van der Waals surface area (Å²) in [6.45, 7) is 2.45. The van der Waals surface area contributed by atoms with E-state index in [9.17, 15) is 9.18 Å². The maximum Gasteiger partial charge on any atom is 0.230 e. The van der Waals surface area contributed by atoms with Crippen LogP contribution in [0.25, 0.3) is 0 Å². The SMILES string of the molecule is CC(NC(=O)CSCCN)c1ccc(F)cc1. The number of thioether (sulfide) groups is 1. The van der Waals surface area contributed by atoms with Crippen LogP contribution in [0.4, 0.5) is 4.39 Å². The molecular weight excluding hydrogens is 239 g/mol. The molecule has 0 saturated heterocycles. The first-order valence-electron chi connectivity index (χ1n) is 5.46. The summed E-state index contributed by atoms with van der Waals surface area (Å²) < 4.78 is 12.7. The Morgan fingerprint density at radius 3 is 2.71 bits per heavy atom. The molecule has 0 bridgehead atoms. The fourth-order valence-corrected chi connectivity index (χ4v) is 1.95. The molecule has 3 N–H and O–H groups in total. The van der Waals surface area contributed by atoms with Crippen molar-refractivity contribution in [1.29, 1.82) is 0 Å². The molecule has 0 aliphatic carbocycles. The van der Waals surface area contributed by atoms with Gasteiger partial charge in [-0.15, -0.1) is 0 Å². The molecule has 0 spiro atoms. The molecule has 0 aliphatic rings. The second-order valence-corrected chi connectivity index (χ2v) is 4.79. The number of carbonyl (C=O) groups excluding carboxylic acids is 1. The summed E-state index contributed by atoms with van der Waals surface area (Å²) in [7, 11) is 0. The molecule has 94 valence electrons. The summed E-state index contributed by atoms with van der Waals surface area (Å²) in [6.07, 6.45) is 0. The maximum absolute atomic E-state index is 12.7. The van der Waals surface area contributed by atoms with Gasteiger partial charge in [0.15, 0.2) is 0 Å². The fourth-order valence-electron chi connectivity index (χ4n) is 1.37. The van der Waals surface area contributed by atoms with E-state index in [4.69, 9.17) is 5.73 Å². The zero-order valence-corrected chi connectivity index (χ0v) is 10.6. The van der Waals surface area contributed by atoms with Crippen LogP contribution < -0.4 is 11.1 Å². The van der Waals surface area contributed by atoms with Gasteiger partial charge in [0.1, 0.15) is 5.82 Å². The maximum atomic E-state index is 12.7. The third-order valence-corrected chi connectivity index (χ3v) is 3.23. The highest BCUT2D eigenvalue weighted by Gasteiger charge is 2.09. The summed E-state index contributed by atoms with van der Waals surface area (Å²) in [4.78, 5) is 11.5. The van der Waals surface area contributed by atoms with Gasteiger partial charge in [-0.2, -0.15) is 11.8 Å². The molecule has 1 unspecified atom stereocenters. The number of rotatable bonds is 6. The van der Waals surface area contributed by atoms with Crippen molar-refractivity contribution in [2.75, 3.05) is 18.1 Å². The van der Waals surface area contributed by atoms with Gasteiger partial charge in [-0.3, -0.25) is 4.79 Å². The Bertz CT molecular complexity index is 356. The molecule has 0 saturated carbocycles. The Kier molecular flexibility index (Phi) is 6.00. The minimum absolute atomic E-state index is 0.0275. The number of halogens is 1. The normalized spacial score (nSPS) is 12.2. The molecule has 0 heterocycles. The number of benzene rings is 1. The van der Waals surface area contributed by atoms with Crippen LogP contribution in [0.2, 0.25) is 0 Å². The molecule has 1 atom stereocenters. The molecule has 5 heteroatoms. The van der Waals surface area contributed by atoms with Gasteiger partial charge in [-0.1, -0.05) is 12.1 Å². The van der Waals surface area contributed by atoms with Gasteiger partial charge in [0, 0.05) is 12.3 Å². The summed E-state index contributed by atoms with van der Waals surface area (Å²) >= 11 is 1.50. The van der Waals surface area contributed by atoms with Gasteiger partial charge < -0.3 is 11.1 Å². The molecule has 1 aromatic carbocycles. The number of nitrogens with two attached hydrogens (primary N) is 1. The average Bonchev–Trinajstić information content (AvgIpc) is 2.30. The van der Waals surface area contributed by atoms with Crippen molar-refractivity contribution >= 4 is 17.7 Å². The van der Waals surface area contributed by atoms with Crippen LogP contribution in [0.15, 0.2) is 24.3 Å². The summed E-state index contributed by atoms with van der Waals surface area (Å²) in [5, 5.41) is 2.85. The van der Waals surface area contributed by atoms with Gasteiger partial charge in [-0.25, -0.2) is 4.39 Å². The van der Waals surface area contributed by atoms with Crippen molar-refractivity contribution in [1.82, 2.24) is 5.32 Å². The number of hydrogen-bond donors (Lipinski definition) is 2. The van der Waals surface area contributed by atoms with Crippen LogP contribution >= 0.6 is 11.8 Å². The zero-order chi connectivity index (χ0) is 12.7. The number of nitrogens with one attached hydrogen (secondary N) is 1. The van der Waals surface area contributed by atoms with Crippen LogP contribution in [-0.4, -0.2) is 24.0 Å². The third-order valence-electron chi connectivity index (χ3n) is 2.24. The van der Waals surface area contributed by atoms with E-state index in [1.54, 1.807) is 12.1 Å². The molecule has 0 fully saturated rings. The average molecular weight is 256 g/mol. The molecular formula is C12H17FN2OS. The Morgan fingerprint density at radius 1 is 1.47 bits per heavy atom. The molecule has 3 nitrogen and oxygen atoms in total. The second-order valence-electron chi connectivity index (χ2n) is 3.68. The number of hydrogen-bond acceptors (Lipinski definition) is 3. The van der Waals surface area contributed by atoms with Crippen LogP contribution in [-0.2, 0) is 4.79 Å². The lowest BCUT2D eigenvalue weighted by Gasteiger charge is -2.14. The summed E-state index contributed by atoms with van der Waals surface area (Å²) in [5.74, 6) is 0.882. The van der Waals surface area contributed by atoms with Crippen LogP contribution in [0.3, 0.4) is 0 Å². The lowest BCUT2D eigenvalue weighted by atomic mass is 10.1. The van der Waals surface area contributed by atoms with Gasteiger partial charge >= 0.3 is 0 Å². The van der Waals surface area contributed by atoms with Crippen molar-refractivity contribution in [3.05, 3.63) is 35.6 Å². The first kappa shape index (κ1) is 14.0. The van der Waals surface area contributed by atoms with Crippen molar-refractivity contribution < 1.29 is 9.18 Å². The van der Waals surface area contributed by atoms with Crippen LogP contribution in [0, 0.1) is 5.82 Å². The first-order valence-corrected chi connectivity index (χ1v) is 6.61. The van der Waals surface area contributed by atoms with Crippen molar-refractivity contribution in [3.63, 3.8) is 0 Å². The van der Waals surface area contributed by atoms with Gasteiger partial charge in [0.2, 0.25) is 5.91 Å². The molecule has 0 aliphatic heterocycles. The Balaban J connectivity index is 2.40. The summed E-state index contributed by atoms with van der Waals surface area (Å²) in [5.41, 5.74) is 6.23. The van der Waals surface area contributed by atoms with E-state index in [0.717, 1.165) is 11.3 Å². The molecule has 17 heavy (non-hydrogen) atoms. The van der Waals surface area contributed by atoms with E-state index in [2.05, 4.69) is 5.32 Å². The first-order chi connectivity index (χ1) is 8.13. The Labute approximate surface area is 105 Å². The Morgan fingerprint density at radius 2 is 2.12 bits per heavy atom. The fraction of sp³-hybridized carbons (Fsp3) is 0.417. The molecule has 1 aromatic rings. The molecule has 1 rings (SSSR count). The number of amides is 1. The highest BCUT2D eigenvalue weighted by atomic mass is 32.2. The highest BCUT2D eigenvalue weighted by molar-refractivity contribution is 7.99. The van der Waals surface area contributed by atoms with Crippen LogP contribution in [0.5, 0.6) is 0 Å². The lowest BCUT2D eigenvalue weighted by Crippen LogP contribution is -2.28. The standard InChI is InChI=1S/C12H17FN2OS/c1-9(10-2-4-11(13)5-3-10)15-12(16)8-17-7-6-14/h2-5,9H,6-8,14H2,1H3,(H,15,16). The second kappa shape index (κ2) is 7.29. The Hall–Kier alpha value is -1.07. The zero-order valence-electron chi connectivity index (χ0n) is 9.78. The quantitative estimate of drug-likeness (QED) is 0.762. The monoisotopic (exact) mass is 256 g/mol. The predicted molar refractivity (Wildman–Crippen MR) is 69.3 cm³/mol. The predicted octanol–water partition coefficient (Wildman–Crippen LogP) is 1.69. The molecule has 0 radical (unpaired) electrons. The number of carbonyl (C=O) groups is 1. The third kappa shape index (κ3) is 5.19. The molecule has 1 amide bonds. The van der Waals surface area contributed by atoms with E-state index >= 15 is 0 Å². The van der Waals surface area contributed by atoms with E-state index in [1.165, 1.54) is 23.9 Å². The van der Waals surface area contributed by atoms with E-state index in [-0.39, 0.29) is 17.8 Å². The lowest BCUT2D eigenvalue weighted by molar-refractivity contribution is -0.119.